The van der Waals surface area contributed by atoms with Crippen LogP contribution < -0.4 is 4.72 Å². The van der Waals surface area contributed by atoms with E-state index in [4.69, 9.17) is 14.7 Å². The number of hydrogen-bond donors (Lipinski definition) is 1. The van der Waals surface area contributed by atoms with Crippen molar-refractivity contribution in [1.82, 2.24) is 0 Å². The van der Waals surface area contributed by atoms with Gasteiger partial charge in [0.2, 0.25) is 10.0 Å². The predicted octanol–water partition coefficient (Wildman–Crippen LogP) is 5.16. The summed E-state index contributed by atoms with van der Waals surface area (Å²) < 4.78 is 50.5. The first kappa shape index (κ1) is 22.1. The molecule has 0 radical (unpaired) electrons. The molecule has 0 aliphatic heterocycles. The Kier molecular flexibility index (Phi) is 6.19. The minimum atomic E-state index is -3.66. The van der Waals surface area contributed by atoms with E-state index in [0.29, 0.717) is 16.5 Å². The maximum absolute atomic E-state index is 13.4. The number of esters is 1. The lowest BCUT2D eigenvalue weighted by Crippen LogP contribution is -2.12. The van der Waals surface area contributed by atoms with E-state index in [1.165, 1.54) is 36.4 Å². The topological polar surface area (TPSA) is 134 Å². The zero-order chi connectivity index (χ0) is 22.8. The third-order valence-corrected chi connectivity index (χ3v) is 5.01. The Hall–Kier alpha value is -3.56. The van der Waals surface area contributed by atoms with E-state index in [2.05, 4.69) is 14.7 Å². The number of ether oxygens (including phenoxy) is 1. The molecule has 0 amide bonds. The number of nitrogens with one attached hydrogen (secondary N) is 1. The molecule has 1 atom stereocenters. The Morgan fingerprint density at radius 3 is 2.58 bits per heavy atom. The average Bonchev–Trinajstić information content (AvgIpc) is 3.05. The smallest absolute Gasteiger partial charge is 0.342 e. The van der Waals surface area contributed by atoms with Crippen molar-refractivity contribution in [2.24, 2.45) is 5.11 Å². The van der Waals surface area contributed by atoms with Crippen molar-refractivity contribution in [1.29, 1.82) is 0 Å². The van der Waals surface area contributed by atoms with Gasteiger partial charge in [-0.25, -0.2) is 17.6 Å². The fourth-order valence-corrected chi connectivity index (χ4v) is 3.72. The van der Waals surface area contributed by atoms with Crippen LogP contribution in [0.15, 0.2) is 45.9 Å². The average molecular weight is 446 g/mol. The van der Waals surface area contributed by atoms with Gasteiger partial charge in [0.15, 0.2) is 0 Å². The van der Waals surface area contributed by atoms with E-state index in [0.717, 1.165) is 6.26 Å². The van der Waals surface area contributed by atoms with E-state index in [9.17, 15) is 17.6 Å². The Bertz CT molecular complexity index is 1300. The fraction of sp³-hybridized carbons (Fsp3) is 0.250. The van der Waals surface area contributed by atoms with E-state index in [-0.39, 0.29) is 29.2 Å². The van der Waals surface area contributed by atoms with Crippen LogP contribution in [0.2, 0.25) is 0 Å². The molecular formula is C20H19FN4O5S. The molecule has 0 saturated heterocycles. The molecular weight excluding hydrogens is 427 g/mol. The largest absolute Gasteiger partial charge is 0.462 e. The minimum absolute atomic E-state index is 0.101. The van der Waals surface area contributed by atoms with Gasteiger partial charge in [0, 0.05) is 21.9 Å². The number of azide groups is 1. The number of anilines is 1. The van der Waals surface area contributed by atoms with E-state index in [1.54, 1.807) is 13.8 Å². The number of rotatable bonds is 7. The third-order valence-electron chi connectivity index (χ3n) is 4.42. The lowest BCUT2D eigenvalue weighted by molar-refractivity contribution is 0.0528. The van der Waals surface area contributed by atoms with Gasteiger partial charge in [0.1, 0.15) is 22.7 Å². The number of sulfonamides is 1. The molecule has 0 bridgehead atoms. The standard InChI is InChI=1S/C20H19FN4O5S/c1-4-29-20(26)18-15-9-14(11(2)23-25-22)16(24-31(3,27)28)10-17(15)30-19(18)12-5-7-13(21)8-6-12/h5-11,24H,4H2,1-3H3. The molecule has 1 aromatic heterocycles. The van der Waals surface area contributed by atoms with Crippen molar-refractivity contribution in [3.8, 4) is 11.3 Å². The highest BCUT2D eigenvalue weighted by Crippen LogP contribution is 2.39. The van der Waals surface area contributed by atoms with Crippen molar-refractivity contribution < 1.29 is 26.8 Å². The van der Waals surface area contributed by atoms with Crippen molar-refractivity contribution in [2.75, 3.05) is 17.6 Å². The normalized spacial score (nSPS) is 12.3. The van der Waals surface area contributed by atoms with Crippen LogP contribution in [0.4, 0.5) is 10.1 Å². The molecule has 0 saturated carbocycles. The predicted molar refractivity (Wildman–Crippen MR) is 114 cm³/mol. The highest BCUT2D eigenvalue weighted by Gasteiger charge is 2.26. The quantitative estimate of drug-likeness (QED) is 0.231. The van der Waals surface area contributed by atoms with Crippen LogP contribution in [-0.4, -0.2) is 27.2 Å². The molecule has 3 aromatic rings. The maximum Gasteiger partial charge on any atom is 0.342 e. The van der Waals surface area contributed by atoms with Gasteiger partial charge in [-0.2, -0.15) is 0 Å². The molecule has 31 heavy (non-hydrogen) atoms. The number of carbonyl (C=O) groups excluding carboxylic acids is 1. The van der Waals surface area contributed by atoms with Gasteiger partial charge in [0.25, 0.3) is 0 Å². The number of benzene rings is 2. The summed E-state index contributed by atoms with van der Waals surface area (Å²) in [6.45, 7) is 3.35. The number of hydrogen-bond acceptors (Lipinski definition) is 6. The molecule has 0 fully saturated rings. The molecule has 3 rings (SSSR count). The first-order chi connectivity index (χ1) is 14.6. The first-order valence-electron chi connectivity index (χ1n) is 9.20. The van der Waals surface area contributed by atoms with E-state index in [1.807, 2.05) is 0 Å². The second-order valence-corrected chi connectivity index (χ2v) is 8.47. The molecule has 11 heteroatoms. The van der Waals surface area contributed by atoms with Crippen LogP contribution in [0.1, 0.15) is 35.8 Å². The molecule has 1 heterocycles. The van der Waals surface area contributed by atoms with Crippen molar-refractivity contribution >= 4 is 32.6 Å². The summed E-state index contributed by atoms with van der Waals surface area (Å²) in [6.07, 6.45) is 0.981. The summed E-state index contributed by atoms with van der Waals surface area (Å²) in [5.41, 5.74) is 10.0. The molecule has 0 aliphatic carbocycles. The number of fused-ring (bicyclic) bond motifs is 1. The van der Waals surface area contributed by atoms with Gasteiger partial charge in [-0.15, -0.1) is 0 Å². The zero-order valence-corrected chi connectivity index (χ0v) is 17.7. The minimum Gasteiger partial charge on any atom is -0.462 e. The Morgan fingerprint density at radius 2 is 2.00 bits per heavy atom. The summed E-state index contributed by atoms with van der Waals surface area (Å²) in [4.78, 5) is 15.5. The summed E-state index contributed by atoms with van der Waals surface area (Å²) in [6, 6.07) is 7.53. The molecule has 1 N–H and O–H groups in total. The van der Waals surface area contributed by atoms with Gasteiger partial charge >= 0.3 is 5.97 Å². The number of halogens is 1. The SMILES string of the molecule is CCOC(=O)c1c(-c2ccc(F)cc2)oc2cc(NS(C)(=O)=O)c(C(C)N=[N+]=[N-])cc12. The van der Waals surface area contributed by atoms with Gasteiger partial charge in [0.05, 0.1) is 24.6 Å². The number of carbonyl (C=O) groups is 1. The summed E-state index contributed by atoms with van der Waals surface area (Å²) in [7, 11) is -3.66. The Balaban J connectivity index is 2.35. The van der Waals surface area contributed by atoms with Crippen LogP contribution in [0, 0.1) is 5.82 Å². The van der Waals surface area contributed by atoms with Gasteiger partial charge in [-0.3, -0.25) is 4.72 Å². The van der Waals surface area contributed by atoms with Crippen molar-refractivity contribution in [3.63, 3.8) is 0 Å². The second-order valence-electron chi connectivity index (χ2n) is 6.72. The highest BCUT2D eigenvalue weighted by atomic mass is 32.2. The zero-order valence-electron chi connectivity index (χ0n) is 16.9. The van der Waals surface area contributed by atoms with E-state index >= 15 is 0 Å². The van der Waals surface area contributed by atoms with Crippen molar-refractivity contribution in [2.45, 2.75) is 19.9 Å². The van der Waals surface area contributed by atoms with Gasteiger partial charge in [-0.1, -0.05) is 12.0 Å². The Morgan fingerprint density at radius 1 is 1.32 bits per heavy atom. The molecule has 9 nitrogen and oxygen atoms in total. The number of nitrogens with zero attached hydrogens (tertiary/aromatic N) is 3. The van der Waals surface area contributed by atoms with Gasteiger partial charge < -0.3 is 9.15 Å². The first-order valence-corrected chi connectivity index (χ1v) is 11.1. The van der Waals surface area contributed by atoms with E-state index < -0.39 is 27.9 Å². The monoisotopic (exact) mass is 446 g/mol. The van der Waals surface area contributed by atoms with Crippen LogP contribution >= 0.6 is 0 Å². The van der Waals surface area contributed by atoms with Crippen LogP contribution in [-0.2, 0) is 14.8 Å². The molecule has 162 valence electrons. The molecule has 2 aromatic carbocycles. The summed E-state index contributed by atoms with van der Waals surface area (Å²) in [5, 5.41) is 3.97. The lowest BCUT2D eigenvalue weighted by atomic mass is 10.0. The van der Waals surface area contributed by atoms with Crippen LogP contribution in [0.25, 0.3) is 32.7 Å². The third kappa shape index (κ3) is 4.79. The summed E-state index contributed by atoms with van der Waals surface area (Å²) in [5.74, 6) is -0.971. The van der Waals surface area contributed by atoms with Gasteiger partial charge in [-0.05, 0) is 48.4 Å². The lowest BCUT2D eigenvalue weighted by Gasteiger charge is -2.13. The highest BCUT2D eigenvalue weighted by molar-refractivity contribution is 7.92. The van der Waals surface area contributed by atoms with Crippen molar-refractivity contribution in [3.05, 3.63) is 63.8 Å². The molecule has 0 spiro atoms. The van der Waals surface area contributed by atoms with Crippen LogP contribution in [0.3, 0.4) is 0 Å². The summed E-state index contributed by atoms with van der Waals surface area (Å²) >= 11 is 0. The maximum atomic E-state index is 13.4. The Labute approximate surface area is 177 Å². The second kappa shape index (κ2) is 8.66. The fourth-order valence-electron chi connectivity index (χ4n) is 3.14. The molecule has 0 aliphatic rings. The molecule has 1 unspecified atom stereocenters. The number of furan rings is 1. The van der Waals surface area contributed by atoms with Crippen LogP contribution in [0.5, 0.6) is 0 Å².